The van der Waals surface area contributed by atoms with Gasteiger partial charge in [0.05, 0.1) is 24.1 Å². The number of anilines is 1. The first-order valence-electron chi connectivity index (χ1n) is 12.1. The topological polar surface area (TPSA) is 98.8 Å². The highest BCUT2D eigenvalue weighted by atomic mass is 19.1. The molecular formula is C25H34FN7O2. The number of carbonyl (C=O) groups excluding carboxylic acids is 1. The van der Waals surface area contributed by atoms with Gasteiger partial charge in [0.15, 0.2) is 5.65 Å². The second-order valence-corrected chi connectivity index (χ2v) is 10.0. The minimum absolute atomic E-state index is 0.248. The second-order valence-electron chi connectivity index (χ2n) is 10.0. The van der Waals surface area contributed by atoms with Gasteiger partial charge in [0, 0.05) is 25.7 Å². The van der Waals surface area contributed by atoms with E-state index in [1.54, 1.807) is 40.0 Å². The van der Waals surface area contributed by atoms with E-state index in [1.807, 2.05) is 37.8 Å². The van der Waals surface area contributed by atoms with Crippen molar-refractivity contribution in [2.75, 3.05) is 31.1 Å². The summed E-state index contributed by atoms with van der Waals surface area (Å²) in [7, 11) is 0. The van der Waals surface area contributed by atoms with E-state index in [1.165, 1.54) is 0 Å². The third kappa shape index (κ3) is 6.58. The molecule has 35 heavy (non-hydrogen) atoms. The fourth-order valence-electron chi connectivity index (χ4n) is 4.15. The van der Waals surface area contributed by atoms with Crippen molar-refractivity contribution in [2.24, 2.45) is 0 Å². The van der Waals surface area contributed by atoms with E-state index in [9.17, 15) is 9.18 Å². The smallest absolute Gasteiger partial charge is 0.410 e. The fraction of sp³-hybridized carbons (Fsp3) is 0.520. The zero-order chi connectivity index (χ0) is 25.0. The second kappa shape index (κ2) is 10.5. The Hall–Kier alpha value is -3.43. The van der Waals surface area contributed by atoms with Crippen LogP contribution in [-0.4, -0.2) is 75.3 Å². The van der Waals surface area contributed by atoms with Crippen molar-refractivity contribution >= 4 is 29.3 Å². The Kier molecular flexibility index (Phi) is 7.37. The normalized spacial score (nSPS) is 19.8. The van der Waals surface area contributed by atoms with E-state index in [-0.39, 0.29) is 12.1 Å². The lowest BCUT2D eigenvalue weighted by atomic mass is 10.1. The van der Waals surface area contributed by atoms with Crippen molar-refractivity contribution in [1.29, 1.82) is 5.41 Å². The summed E-state index contributed by atoms with van der Waals surface area (Å²) in [6.07, 6.45) is 9.77. The number of amides is 1. The monoisotopic (exact) mass is 483 g/mol. The molecular weight excluding hydrogens is 449 g/mol. The van der Waals surface area contributed by atoms with Gasteiger partial charge in [0.2, 0.25) is 0 Å². The Morgan fingerprint density at radius 1 is 1.20 bits per heavy atom. The first kappa shape index (κ1) is 24.7. The molecule has 2 aliphatic rings. The Balaban J connectivity index is 1.27. The summed E-state index contributed by atoms with van der Waals surface area (Å²) in [5.41, 5.74) is 1.29. The number of ether oxygens (including phenoxy) is 1. The molecule has 10 heteroatoms. The van der Waals surface area contributed by atoms with Crippen LogP contribution in [0, 0.1) is 5.41 Å². The fourth-order valence-corrected chi connectivity index (χ4v) is 4.15. The number of imidazole rings is 1. The highest BCUT2D eigenvalue weighted by molar-refractivity contribution is 6.04. The molecule has 0 radical (unpaired) electrons. The zero-order valence-corrected chi connectivity index (χ0v) is 20.6. The van der Waals surface area contributed by atoms with Gasteiger partial charge in [-0.2, -0.15) is 0 Å². The Bertz CT molecular complexity index is 1110. The largest absolute Gasteiger partial charge is 0.444 e. The molecule has 2 N–H and O–H groups in total. The van der Waals surface area contributed by atoms with Gasteiger partial charge in [-0.25, -0.2) is 18.7 Å². The van der Waals surface area contributed by atoms with Crippen molar-refractivity contribution in [1.82, 2.24) is 24.8 Å². The van der Waals surface area contributed by atoms with Crippen LogP contribution in [0.2, 0.25) is 0 Å². The van der Waals surface area contributed by atoms with Crippen LogP contribution in [0.1, 0.15) is 45.7 Å². The summed E-state index contributed by atoms with van der Waals surface area (Å²) in [5, 5.41) is 16.1. The van der Waals surface area contributed by atoms with Crippen LogP contribution in [0.25, 0.3) is 11.7 Å². The van der Waals surface area contributed by atoms with E-state index < -0.39 is 11.8 Å². The molecule has 0 spiro atoms. The predicted molar refractivity (Wildman–Crippen MR) is 135 cm³/mol. The van der Waals surface area contributed by atoms with E-state index in [0.29, 0.717) is 44.0 Å². The third-order valence-corrected chi connectivity index (χ3v) is 6.00. The van der Waals surface area contributed by atoms with Crippen LogP contribution in [0.15, 0.2) is 36.7 Å². The summed E-state index contributed by atoms with van der Waals surface area (Å²) in [4.78, 5) is 20.2. The number of fused-ring (bicyclic) bond motifs is 1. The van der Waals surface area contributed by atoms with E-state index in [4.69, 9.17) is 10.1 Å². The number of rotatable bonds is 6. The predicted octanol–water partition coefficient (Wildman–Crippen LogP) is 3.81. The van der Waals surface area contributed by atoms with Crippen LogP contribution in [-0.2, 0) is 4.74 Å². The van der Waals surface area contributed by atoms with Gasteiger partial charge in [-0.15, -0.1) is 5.10 Å². The van der Waals surface area contributed by atoms with Crippen molar-refractivity contribution in [3.8, 4) is 0 Å². The van der Waals surface area contributed by atoms with Crippen molar-refractivity contribution in [3.63, 3.8) is 0 Å². The first-order chi connectivity index (χ1) is 16.7. The molecule has 1 unspecified atom stereocenters. The number of alkyl halides is 1. The molecule has 2 aromatic rings. The highest BCUT2D eigenvalue weighted by Gasteiger charge is 2.26. The molecule has 2 fully saturated rings. The first-order valence-corrected chi connectivity index (χ1v) is 12.1. The van der Waals surface area contributed by atoms with Crippen molar-refractivity contribution in [2.45, 2.75) is 57.8 Å². The number of carbonyl (C=O) groups is 1. The van der Waals surface area contributed by atoms with Crippen molar-refractivity contribution < 1.29 is 13.9 Å². The van der Waals surface area contributed by atoms with E-state index in [2.05, 4.69) is 15.4 Å². The maximum atomic E-state index is 13.6. The lowest BCUT2D eigenvalue weighted by Gasteiger charge is -2.33. The maximum absolute atomic E-state index is 13.6. The Morgan fingerprint density at radius 3 is 2.66 bits per heavy atom. The zero-order valence-electron chi connectivity index (χ0n) is 20.6. The molecule has 4 heterocycles. The quantitative estimate of drug-likeness (QED) is 0.606. The summed E-state index contributed by atoms with van der Waals surface area (Å²) in [6.45, 7) is 7.91. The van der Waals surface area contributed by atoms with Gasteiger partial charge >= 0.3 is 6.09 Å². The summed E-state index contributed by atoms with van der Waals surface area (Å²) < 4.78 is 20.7. The lowest BCUT2D eigenvalue weighted by Crippen LogP contribution is -2.45. The molecule has 0 saturated carbocycles. The molecule has 9 nitrogen and oxygen atoms in total. The summed E-state index contributed by atoms with van der Waals surface area (Å²) in [5.74, 6) is 0.724. The Morgan fingerprint density at radius 2 is 1.97 bits per heavy atom. The number of hydrogen-bond acceptors (Lipinski definition) is 7. The molecule has 188 valence electrons. The number of allylic oxidation sites excluding steroid dienone is 2. The number of likely N-dealkylation sites (tertiary alicyclic amines) is 1. The Labute approximate surface area is 205 Å². The van der Waals surface area contributed by atoms with Crippen molar-refractivity contribution in [3.05, 3.63) is 42.4 Å². The van der Waals surface area contributed by atoms with Crippen LogP contribution >= 0.6 is 0 Å². The number of nitrogens with one attached hydrogen (secondary N) is 2. The minimum Gasteiger partial charge on any atom is -0.444 e. The number of aromatic nitrogens is 3. The van der Waals surface area contributed by atoms with Crippen LogP contribution in [0.3, 0.4) is 0 Å². The highest BCUT2D eigenvalue weighted by Crippen LogP contribution is 2.21. The van der Waals surface area contributed by atoms with E-state index >= 15 is 0 Å². The van der Waals surface area contributed by atoms with Gasteiger partial charge in [-0.05, 0) is 76.6 Å². The minimum atomic E-state index is -0.812. The summed E-state index contributed by atoms with van der Waals surface area (Å²) in [6, 6.07) is 3.98. The molecule has 2 aliphatic heterocycles. The number of hydrogen-bond donors (Lipinski definition) is 2. The number of piperidine rings is 1. The molecule has 2 saturated heterocycles. The molecule has 1 atom stereocenters. The standard InChI is InChI=1S/C25H34FN7O2/c1-25(2,3)35-24(34)31-14-10-20(11-15-31)28-12-8-19(27)4-5-21-16-29-22-6-7-23(30-33(21)22)32-13-9-18(26)17-32/h4-8,12,16,18,20,27-28H,9-11,13-15,17H2,1-3H3/b5-4-,12-8-,27-19?. The number of nitrogens with zero attached hydrogens (tertiary/aromatic N) is 5. The van der Waals surface area contributed by atoms with Crippen LogP contribution < -0.4 is 10.2 Å². The van der Waals surface area contributed by atoms with Gasteiger partial charge in [0.25, 0.3) is 0 Å². The average molecular weight is 484 g/mol. The molecule has 0 bridgehead atoms. The number of halogens is 1. The third-order valence-electron chi connectivity index (χ3n) is 6.00. The van der Waals surface area contributed by atoms with Gasteiger partial charge < -0.3 is 25.3 Å². The van der Waals surface area contributed by atoms with Crippen LogP contribution in [0.4, 0.5) is 15.0 Å². The van der Waals surface area contributed by atoms with Gasteiger partial charge in [-0.1, -0.05) is 0 Å². The maximum Gasteiger partial charge on any atom is 0.410 e. The molecule has 0 aromatic carbocycles. The van der Waals surface area contributed by atoms with E-state index in [0.717, 1.165) is 24.4 Å². The van der Waals surface area contributed by atoms with Gasteiger partial charge in [0.1, 0.15) is 17.6 Å². The van der Waals surface area contributed by atoms with Gasteiger partial charge in [-0.3, -0.25) is 0 Å². The molecule has 0 aliphatic carbocycles. The van der Waals surface area contributed by atoms with Crippen LogP contribution in [0.5, 0.6) is 0 Å². The molecule has 1 amide bonds. The molecule has 4 rings (SSSR count). The summed E-state index contributed by atoms with van der Waals surface area (Å²) >= 11 is 0. The lowest BCUT2D eigenvalue weighted by molar-refractivity contribution is 0.0201. The average Bonchev–Trinajstić information content (AvgIpc) is 3.42. The molecule has 2 aromatic heterocycles. The SMILES string of the molecule is CC(C)(C)OC(=O)N1CCC(N/C=C\C(=N)/C=C\c2cnc3ccc(N4CCC(F)C4)nn23)CC1.